The van der Waals surface area contributed by atoms with Crippen LogP contribution in [0.3, 0.4) is 0 Å². The lowest BCUT2D eigenvalue weighted by atomic mass is 10.3. The van der Waals surface area contributed by atoms with Gasteiger partial charge in [-0.15, -0.1) is 9.89 Å². The van der Waals surface area contributed by atoms with Gasteiger partial charge in [-0.25, -0.2) is 10.4 Å². The Morgan fingerprint density at radius 1 is 1.00 bits per heavy atom. The molecule has 3 heterocycles. The van der Waals surface area contributed by atoms with E-state index in [1.807, 2.05) is 0 Å². The lowest BCUT2D eigenvalue weighted by Crippen LogP contribution is -2.31. The first kappa shape index (κ1) is 16.3. The van der Waals surface area contributed by atoms with E-state index in [1.54, 1.807) is 35.1 Å². The van der Waals surface area contributed by atoms with Crippen LogP contribution in [0.5, 0.6) is 0 Å². The summed E-state index contributed by atoms with van der Waals surface area (Å²) in [6, 6.07) is 0. The molecule has 0 spiro atoms. The van der Waals surface area contributed by atoms with Gasteiger partial charge in [0.05, 0.1) is 0 Å². The Labute approximate surface area is 132 Å². The van der Waals surface area contributed by atoms with Crippen LogP contribution >= 0.6 is 0 Å². The van der Waals surface area contributed by atoms with Crippen molar-refractivity contribution < 1.29 is 9.59 Å². The molecule has 1 aromatic heterocycles. The van der Waals surface area contributed by atoms with Crippen LogP contribution in [0.1, 0.15) is 11.6 Å². The zero-order valence-electron chi connectivity index (χ0n) is 13.4. The number of nitrogens with zero attached hydrogens (tertiary/aromatic N) is 7. The first-order chi connectivity index (χ1) is 10.9. The molecule has 122 valence electrons. The van der Waals surface area contributed by atoms with Gasteiger partial charge in [0.25, 0.3) is 11.8 Å². The largest absolute Gasteiger partial charge is 0.294 e. The molecule has 0 aliphatic carbocycles. The highest BCUT2D eigenvalue weighted by Gasteiger charge is 2.29. The summed E-state index contributed by atoms with van der Waals surface area (Å²) in [5.41, 5.74) is 5.96. The van der Waals surface area contributed by atoms with Crippen LogP contribution in [0.2, 0.25) is 0 Å². The molecule has 2 N–H and O–H groups in total. The van der Waals surface area contributed by atoms with E-state index in [1.165, 1.54) is 9.80 Å². The standard InChI is InChI=1S/C6H7N5O.C6H10N4O/c1-3-8-5-4(7-2)6(12)10-11(5)9-3;1-7-4-5(8-2)9-10(3)6(4)11/h1-2H3,(H,10,12);1-3H3,(H,8,9). The van der Waals surface area contributed by atoms with Crippen molar-refractivity contribution in [3.8, 4) is 0 Å². The van der Waals surface area contributed by atoms with E-state index < -0.39 is 0 Å². The maximum atomic E-state index is 11.2. The summed E-state index contributed by atoms with van der Waals surface area (Å²) in [6.07, 6.45) is 0. The average molecular weight is 319 g/mol. The van der Waals surface area contributed by atoms with Gasteiger partial charge in [-0.1, -0.05) is 0 Å². The van der Waals surface area contributed by atoms with E-state index in [-0.39, 0.29) is 11.8 Å². The van der Waals surface area contributed by atoms with Gasteiger partial charge in [-0.05, 0) is 6.92 Å². The van der Waals surface area contributed by atoms with Gasteiger partial charge in [0, 0.05) is 28.2 Å². The molecular weight excluding hydrogens is 302 g/mol. The van der Waals surface area contributed by atoms with Crippen molar-refractivity contribution in [1.29, 1.82) is 0 Å². The molecule has 1 fully saturated rings. The highest BCUT2D eigenvalue weighted by Crippen LogP contribution is 2.05. The third-order valence-corrected chi connectivity index (χ3v) is 3.02. The molecule has 0 radical (unpaired) electrons. The lowest BCUT2D eigenvalue weighted by molar-refractivity contribution is -0.123. The van der Waals surface area contributed by atoms with Crippen molar-refractivity contribution in [3.63, 3.8) is 0 Å². The lowest BCUT2D eigenvalue weighted by Gasteiger charge is -2.04. The summed E-state index contributed by atoms with van der Waals surface area (Å²) in [7, 11) is 6.36. The van der Waals surface area contributed by atoms with Crippen LogP contribution < -0.4 is 10.9 Å². The summed E-state index contributed by atoms with van der Waals surface area (Å²) in [4.78, 5) is 39.1. The maximum absolute atomic E-state index is 11.2. The third kappa shape index (κ3) is 2.93. The van der Waals surface area contributed by atoms with E-state index in [4.69, 9.17) is 0 Å². The van der Waals surface area contributed by atoms with Crippen LogP contribution in [0.4, 0.5) is 0 Å². The SMILES string of the molecule is CN=C1C(=O)Nn2nc(C)nc21.CN=C1NN(C)C(=O)C1=NC. The molecule has 0 aromatic carbocycles. The molecule has 1 aromatic rings. The molecule has 0 saturated carbocycles. The Morgan fingerprint density at radius 2 is 1.65 bits per heavy atom. The van der Waals surface area contributed by atoms with E-state index in [0.717, 1.165) is 0 Å². The van der Waals surface area contributed by atoms with Gasteiger partial charge in [0.1, 0.15) is 5.82 Å². The maximum Gasteiger partial charge on any atom is 0.294 e. The number of aliphatic imine (C=N–C) groups is 3. The Hall–Kier alpha value is -3.11. The number of nitrogens with one attached hydrogen (secondary N) is 2. The number of fused-ring (bicyclic) bond motifs is 1. The molecule has 1 saturated heterocycles. The zero-order valence-corrected chi connectivity index (χ0v) is 13.4. The number of amides is 2. The van der Waals surface area contributed by atoms with E-state index >= 15 is 0 Å². The highest BCUT2D eigenvalue weighted by molar-refractivity contribution is 6.68. The molecule has 2 aliphatic rings. The number of carbonyl (C=O) groups excluding carboxylic acids is 2. The Bertz CT molecular complexity index is 744. The molecule has 11 heteroatoms. The number of amidine groups is 1. The molecule has 11 nitrogen and oxygen atoms in total. The van der Waals surface area contributed by atoms with Crippen molar-refractivity contribution >= 4 is 29.1 Å². The minimum absolute atomic E-state index is 0.145. The fourth-order valence-electron chi connectivity index (χ4n) is 1.98. The number of hydrogen-bond acceptors (Lipinski definition) is 7. The Kier molecular flexibility index (Phi) is 4.48. The average Bonchev–Trinajstić information content (AvgIpc) is 3.10. The van der Waals surface area contributed by atoms with Gasteiger partial charge in [-0.3, -0.25) is 35.0 Å². The second-order valence-electron chi connectivity index (χ2n) is 4.53. The monoisotopic (exact) mass is 319 g/mol. The fraction of sp³-hybridized carbons (Fsp3) is 0.417. The molecule has 23 heavy (non-hydrogen) atoms. The first-order valence-corrected chi connectivity index (χ1v) is 6.63. The number of aromatic nitrogens is 3. The topological polar surface area (TPSA) is 129 Å². The molecule has 2 amide bonds. The molecule has 0 atom stereocenters. The predicted octanol–water partition coefficient (Wildman–Crippen LogP) is -1.85. The number of carbonyl (C=O) groups is 2. The molecule has 3 rings (SSSR count). The number of hydrogen-bond donors (Lipinski definition) is 2. The highest BCUT2D eigenvalue weighted by atomic mass is 16.2. The van der Waals surface area contributed by atoms with Crippen LogP contribution in [0.15, 0.2) is 15.0 Å². The number of hydrazine groups is 1. The number of rotatable bonds is 0. The van der Waals surface area contributed by atoms with Gasteiger partial charge < -0.3 is 0 Å². The van der Waals surface area contributed by atoms with E-state index in [9.17, 15) is 9.59 Å². The van der Waals surface area contributed by atoms with Gasteiger partial charge in [0.2, 0.25) is 5.82 Å². The van der Waals surface area contributed by atoms with Crippen molar-refractivity contribution in [1.82, 2.24) is 25.3 Å². The zero-order chi connectivity index (χ0) is 17.1. The summed E-state index contributed by atoms with van der Waals surface area (Å²) >= 11 is 0. The Balaban J connectivity index is 0.000000168. The summed E-state index contributed by atoms with van der Waals surface area (Å²) in [5.74, 6) is 1.23. The van der Waals surface area contributed by atoms with Crippen LogP contribution in [-0.2, 0) is 9.59 Å². The van der Waals surface area contributed by atoms with Gasteiger partial charge >= 0.3 is 0 Å². The van der Waals surface area contributed by atoms with Gasteiger partial charge in [-0.2, -0.15) is 0 Å². The minimum atomic E-state index is -0.257. The van der Waals surface area contributed by atoms with Crippen LogP contribution in [0.25, 0.3) is 0 Å². The Morgan fingerprint density at radius 3 is 2.17 bits per heavy atom. The van der Waals surface area contributed by atoms with E-state index in [0.29, 0.717) is 28.9 Å². The van der Waals surface area contributed by atoms with Crippen molar-refractivity contribution in [2.75, 3.05) is 33.6 Å². The summed E-state index contributed by atoms with van der Waals surface area (Å²) in [5, 5.41) is 5.28. The van der Waals surface area contributed by atoms with Gasteiger partial charge in [0.15, 0.2) is 17.3 Å². The summed E-state index contributed by atoms with van der Waals surface area (Å²) in [6.45, 7) is 1.75. The minimum Gasteiger partial charge on any atom is -0.280 e. The third-order valence-electron chi connectivity index (χ3n) is 3.02. The first-order valence-electron chi connectivity index (χ1n) is 6.63. The number of aryl methyl sites for hydroxylation is 1. The van der Waals surface area contributed by atoms with Crippen LogP contribution in [0, 0.1) is 6.92 Å². The fourth-order valence-corrected chi connectivity index (χ4v) is 1.98. The van der Waals surface area contributed by atoms with Crippen molar-refractivity contribution in [2.24, 2.45) is 15.0 Å². The van der Waals surface area contributed by atoms with E-state index in [2.05, 4.69) is 35.9 Å². The summed E-state index contributed by atoms with van der Waals surface area (Å²) < 4.78 is 0. The molecular formula is C12H17N9O2. The predicted molar refractivity (Wildman–Crippen MR) is 84.2 cm³/mol. The molecule has 0 unspecified atom stereocenters. The molecule has 0 bridgehead atoms. The van der Waals surface area contributed by atoms with Crippen molar-refractivity contribution in [2.45, 2.75) is 6.92 Å². The van der Waals surface area contributed by atoms with Crippen LogP contribution in [-0.4, -0.2) is 77.1 Å². The quantitative estimate of drug-likeness (QED) is 0.580. The normalized spacial score (nSPS) is 21.4. The smallest absolute Gasteiger partial charge is 0.280 e. The second-order valence-corrected chi connectivity index (χ2v) is 4.53. The van der Waals surface area contributed by atoms with Crippen molar-refractivity contribution in [3.05, 3.63) is 11.6 Å². The molecule has 2 aliphatic heterocycles. The second kappa shape index (κ2) is 6.34.